The van der Waals surface area contributed by atoms with E-state index in [1.807, 2.05) is 20.9 Å². The minimum Gasteiger partial charge on any atom is -0.352 e. The van der Waals surface area contributed by atoms with Crippen LogP contribution in [0.5, 0.6) is 0 Å². The number of carbonyl (C=O) groups excluding carboxylic acids is 2. The standard InChI is InChI=1S/C16H25N3O2/c1-12(2)18-15(20)9-17-16(21)11-19(4)10-14-7-5-13(3)6-8-14/h5-8,12H,9-11H2,1-4H3,(H,17,21)(H,18,20)/p+1. The molecule has 1 aromatic carbocycles. The Labute approximate surface area is 126 Å². The van der Waals surface area contributed by atoms with Crippen LogP contribution in [0.2, 0.25) is 0 Å². The Morgan fingerprint density at radius 1 is 1.14 bits per heavy atom. The number of benzene rings is 1. The molecule has 0 aliphatic rings. The molecule has 2 amide bonds. The summed E-state index contributed by atoms with van der Waals surface area (Å²) in [6.45, 7) is 7.00. The van der Waals surface area contributed by atoms with Crippen LogP contribution in [-0.4, -0.2) is 38.0 Å². The highest BCUT2D eigenvalue weighted by molar-refractivity contribution is 5.85. The summed E-state index contributed by atoms with van der Waals surface area (Å²) >= 11 is 0. The maximum atomic E-state index is 11.8. The maximum Gasteiger partial charge on any atom is 0.275 e. The van der Waals surface area contributed by atoms with Gasteiger partial charge in [-0.3, -0.25) is 9.59 Å². The smallest absolute Gasteiger partial charge is 0.275 e. The molecule has 1 atom stereocenters. The molecule has 0 aliphatic carbocycles. The minimum atomic E-state index is -0.158. The van der Waals surface area contributed by atoms with Gasteiger partial charge in [0, 0.05) is 11.6 Å². The zero-order valence-corrected chi connectivity index (χ0v) is 13.3. The van der Waals surface area contributed by atoms with Gasteiger partial charge in [-0.2, -0.15) is 0 Å². The van der Waals surface area contributed by atoms with E-state index in [4.69, 9.17) is 0 Å². The van der Waals surface area contributed by atoms with Crippen molar-refractivity contribution < 1.29 is 14.5 Å². The number of nitrogens with one attached hydrogen (secondary N) is 3. The van der Waals surface area contributed by atoms with E-state index in [2.05, 4.69) is 41.8 Å². The van der Waals surface area contributed by atoms with E-state index in [0.29, 0.717) is 6.54 Å². The van der Waals surface area contributed by atoms with E-state index in [1.54, 1.807) is 0 Å². The van der Waals surface area contributed by atoms with Gasteiger partial charge in [0.25, 0.3) is 5.91 Å². The summed E-state index contributed by atoms with van der Waals surface area (Å²) in [4.78, 5) is 24.3. The van der Waals surface area contributed by atoms with Gasteiger partial charge in [-0.1, -0.05) is 29.8 Å². The maximum absolute atomic E-state index is 11.8. The van der Waals surface area contributed by atoms with Crippen LogP contribution >= 0.6 is 0 Å². The summed E-state index contributed by atoms with van der Waals surface area (Å²) in [5, 5.41) is 5.38. The highest BCUT2D eigenvalue weighted by Gasteiger charge is 2.12. The molecule has 116 valence electrons. The number of hydrogen-bond acceptors (Lipinski definition) is 2. The topological polar surface area (TPSA) is 62.6 Å². The van der Waals surface area contributed by atoms with Crippen LogP contribution < -0.4 is 15.5 Å². The molecule has 0 radical (unpaired) electrons. The van der Waals surface area contributed by atoms with Crippen molar-refractivity contribution in [1.29, 1.82) is 0 Å². The predicted octanol–water partition coefficient (Wildman–Crippen LogP) is -0.349. The average molecular weight is 292 g/mol. The second-order valence-electron chi connectivity index (χ2n) is 5.80. The Hall–Kier alpha value is -1.88. The monoisotopic (exact) mass is 292 g/mol. The van der Waals surface area contributed by atoms with Crippen LogP contribution in [0.4, 0.5) is 0 Å². The van der Waals surface area contributed by atoms with Crippen LogP contribution in [0, 0.1) is 6.92 Å². The quantitative estimate of drug-likeness (QED) is 0.643. The van der Waals surface area contributed by atoms with Crippen molar-refractivity contribution in [2.75, 3.05) is 20.1 Å². The van der Waals surface area contributed by atoms with Crippen molar-refractivity contribution in [3.8, 4) is 0 Å². The third-order valence-corrected chi connectivity index (χ3v) is 2.98. The lowest BCUT2D eigenvalue weighted by Gasteiger charge is -2.14. The van der Waals surface area contributed by atoms with Crippen molar-refractivity contribution in [3.63, 3.8) is 0 Å². The fourth-order valence-corrected chi connectivity index (χ4v) is 2.01. The summed E-state index contributed by atoms with van der Waals surface area (Å²) in [7, 11) is 1.97. The number of aryl methyl sites for hydroxylation is 1. The van der Waals surface area contributed by atoms with Gasteiger partial charge in [-0.05, 0) is 20.8 Å². The van der Waals surface area contributed by atoms with Gasteiger partial charge >= 0.3 is 0 Å². The fourth-order valence-electron chi connectivity index (χ4n) is 2.01. The molecule has 0 bridgehead atoms. The molecular weight excluding hydrogens is 266 g/mol. The van der Waals surface area contributed by atoms with Gasteiger partial charge in [0.2, 0.25) is 5.91 Å². The van der Waals surface area contributed by atoms with Gasteiger partial charge in [0.15, 0.2) is 6.54 Å². The van der Waals surface area contributed by atoms with Gasteiger partial charge in [-0.25, -0.2) is 0 Å². The van der Waals surface area contributed by atoms with Crippen LogP contribution in [0.3, 0.4) is 0 Å². The van der Waals surface area contributed by atoms with Crippen LogP contribution in [0.15, 0.2) is 24.3 Å². The summed E-state index contributed by atoms with van der Waals surface area (Å²) in [6.07, 6.45) is 0. The summed E-state index contributed by atoms with van der Waals surface area (Å²) in [5.74, 6) is -0.270. The van der Waals surface area contributed by atoms with Crippen molar-refractivity contribution in [2.45, 2.75) is 33.4 Å². The second kappa shape index (κ2) is 8.42. The lowest BCUT2D eigenvalue weighted by atomic mass is 10.1. The molecule has 1 unspecified atom stereocenters. The number of hydrogen-bond donors (Lipinski definition) is 3. The van der Waals surface area contributed by atoms with E-state index in [-0.39, 0.29) is 24.4 Å². The Bertz CT molecular complexity index is 469. The number of carbonyl (C=O) groups is 2. The van der Waals surface area contributed by atoms with Gasteiger partial charge in [-0.15, -0.1) is 0 Å². The lowest BCUT2D eigenvalue weighted by Crippen LogP contribution is -3.08. The summed E-state index contributed by atoms with van der Waals surface area (Å²) < 4.78 is 0. The van der Waals surface area contributed by atoms with Gasteiger partial charge in [0.1, 0.15) is 6.54 Å². The summed E-state index contributed by atoms with van der Waals surface area (Å²) in [5.41, 5.74) is 2.42. The van der Waals surface area contributed by atoms with E-state index >= 15 is 0 Å². The average Bonchev–Trinajstić information content (AvgIpc) is 2.38. The molecule has 1 rings (SSSR count). The molecule has 0 fully saturated rings. The molecule has 0 spiro atoms. The zero-order chi connectivity index (χ0) is 15.8. The predicted molar refractivity (Wildman–Crippen MR) is 82.9 cm³/mol. The molecular formula is C16H26N3O2+. The Morgan fingerprint density at radius 2 is 1.76 bits per heavy atom. The van der Waals surface area contributed by atoms with Crippen LogP contribution in [-0.2, 0) is 16.1 Å². The van der Waals surface area contributed by atoms with Crippen molar-refractivity contribution in [2.24, 2.45) is 0 Å². The summed E-state index contributed by atoms with van der Waals surface area (Å²) in [6, 6.07) is 8.38. The Morgan fingerprint density at radius 3 is 2.33 bits per heavy atom. The molecule has 5 heteroatoms. The molecule has 5 nitrogen and oxygen atoms in total. The lowest BCUT2D eigenvalue weighted by molar-refractivity contribution is -0.885. The molecule has 0 aliphatic heterocycles. The van der Waals surface area contributed by atoms with Crippen LogP contribution in [0.25, 0.3) is 0 Å². The van der Waals surface area contributed by atoms with Crippen molar-refractivity contribution in [3.05, 3.63) is 35.4 Å². The van der Waals surface area contributed by atoms with E-state index in [0.717, 1.165) is 11.4 Å². The van der Waals surface area contributed by atoms with Crippen molar-refractivity contribution in [1.82, 2.24) is 10.6 Å². The molecule has 0 saturated heterocycles. The van der Waals surface area contributed by atoms with E-state index in [1.165, 1.54) is 11.1 Å². The van der Waals surface area contributed by atoms with Crippen molar-refractivity contribution >= 4 is 11.8 Å². The first-order chi connectivity index (χ1) is 9.86. The van der Waals surface area contributed by atoms with E-state index in [9.17, 15) is 9.59 Å². The minimum absolute atomic E-state index is 0.0365. The third kappa shape index (κ3) is 7.46. The number of amides is 2. The van der Waals surface area contributed by atoms with Gasteiger partial charge < -0.3 is 15.5 Å². The highest BCUT2D eigenvalue weighted by Crippen LogP contribution is 2.00. The molecule has 3 N–H and O–H groups in total. The highest BCUT2D eigenvalue weighted by atomic mass is 16.2. The molecule has 21 heavy (non-hydrogen) atoms. The van der Waals surface area contributed by atoms with E-state index < -0.39 is 0 Å². The number of rotatable bonds is 7. The SMILES string of the molecule is Cc1ccc(C[NH+](C)CC(=O)NCC(=O)NC(C)C)cc1. The molecule has 1 aromatic rings. The number of likely N-dealkylation sites (N-methyl/N-ethyl adjacent to an activating group) is 1. The Kier molecular flexibility index (Phi) is 6.88. The van der Waals surface area contributed by atoms with Gasteiger partial charge in [0.05, 0.1) is 13.6 Å². The molecule has 0 saturated carbocycles. The molecule has 0 heterocycles. The Balaban J connectivity index is 2.30. The molecule has 0 aromatic heterocycles. The second-order valence-corrected chi connectivity index (χ2v) is 5.80. The first-order valence-corrected chi connectivity index (χ1v) is 7.29. The largest absolute Gasteiger partial charge is 0.352 e. The fraction of sp³-hybridized carbons (Fsp3) is 0.500. The first-order valence-electron chi connectivity index (χ1n) is 7.29. The normalized spacial score (nSPS) is 12.0. The van der Waals surface area contributed by atoms with Crippen LogP contribution in [0.1, 0.15) is 25.0 Å². The third-order valence-electron chi connectivity index (χ3n) is 2.98. The number of quaternary nitrogens is 1. The zero-order valence-electron chi connectivity index (χ0n) is 13.3. The first kappa shape index (κ1) is 17.2.